The summed E-state index contributed by atoms with van der Waals surface area (Å²) in [7, 11) is -1.89. The molecule has 1 aromatic carbocycles. The van der Waals surface area contributed by atoms with E-state index in [-0.39, 0.29) is 4.90 Å². The first-order valence-corrected chi connectivity index (χ1v) is 7.46. The standard InChI is InChI=1S/C11H12BrN3O2S/c1-7-10(6-15(2)14-7)9-5-8(18(13,16)17)3-4-11(9)12/h3-6H,1-2H3,(H2,13,16,17). The smallest absolute Gasteiger partial charge is 0.238 e. The number of aryl methyl sites for hydroxylation is 2. The third-order valence-corrected chi connectivity index (χ3v) is 4.17. The molecule has 2 N–H and O–H groups in total. The summed E-state index contributed by atoms with van der Waals surface area (Å²) in [6, 6.07) is 4.68. The zero-order chi connectivity index (χ0) is 13.5. The molecule has 0 aliphatic heterocycles. The molecule has 1 heterocycles. The quantitative estimate of drug-likeness (QED) is 0.912. The van der Waals surface area contributed by atoms with E-state index in [0.717, 1.165) is 21.3 Å². The van der Waals surface area contributed by atoms with Crippen LogP contribution in [0.15, 0.2) is 33.8 Å². The molecular formula is C11H12BrN3O2S. The SMILES string of the molecule is Cc1nn(C)cc1-c1cc(S(N)(=O)=O)ccc1Br. The predicted octanol–water partition coefficient (Wildman–Crippen LogP) is 1.81. The second-order valence-electron chi connectivity index (χ2n) is 3.99. The molecule has 0 saturated carbocycles. The molecule has 0 unspecified atom stereocenters. The predicted molar refractivity (Wildman–Crippen MR) is 72.5 cm³/mol. The van der Waals surface area contributed by atoms with E-state index in [1.54, 1.807) is 16.8 Å². The van der Waals surface area contributed by atoms with Gasteiger partial charge in [-0.15, -0.1) is 0 Å². The zero-order valence-corrected chi connectivity index (χ0v) is 12.3. The highest BCUT2D eigenvalue weighted by Crippen LogP contribution is 2.31. The zero-order valence-electron chi connectivity index (χ0n) is 9.88. The fourth-order valence-corrected chi connectivity index (χ4v) is 2.75. The van der Waals surface area contributed by atoms with E-state index >= 15 is 0 Å². The van der Waals surface area contributed by atoms with Gasteiger partial charge >= 0.3 is 0 Å². The van der Waals surface area contributed by atoms with E-state index in [9.17, 15) is 8.42 Å². The summed E-state index contributed by atoms with van der Waals surface area (Å²) in [6.45, 7) is 1.87. The minimum Gasteiger partial charge on any atom is -0.275 e. The first kappa shape index (κ1) is 13.3. The molecule has 2 rings (SSSR count). The molecular weight excluding hydrogens is 318 g/mol. The van der Waals surface area contributed by atoms with Crippen molar-refractivity contribution in [2.45, 2.75) is 11.8 Å². The Morgan fingerprint density at radius 1 is 1.33 bits per heavy atom. The lowest BCUT2D eigenvalue weighted by Crippen LogP contribution is -2.12. The van der Waals surface area contributed by atoms with Crippen molar-refractivity contribution in [3.8, 4) is 11.1 Å². The Morgan fingerprint density at radius 3 is 2.50 bits per heavy atom. The van der Waals surface area contributed by atoms with Gasteiger partial charge in [-0.3, -0.25) is 4.68 Å². The van der Waals surface area contributed by atoms with Gasteiger partial charge in [-0.25, -0.2) is 13.6 Å². The summed E-state index contributed by atoms with van der Waals surface area (Å²) in [4.78, 5) is 0.0870. The maximum absolute atomic E-state index is 11.4. The van der Waals surface area contributed by atoms with E-state index < -0.39 is 10.0 Å². The van der Waals surface area contributed by atoms with Crippen molar-refractivity contribution < 1.29 is 8.42 Å². The molecule has 18 heavy (non-hydrogen) atoms. The van der Waals surface area contributed by atoms with Gasteiger partial charge in [0, 0.05) is 28.8 Å². The van der Waals surface area contributed by atoms with Crippen LogP contribution in [0.3, 0.4) is 0 Å². The molecule has 0 radical (unpaired) electrons. The van der Waals surface area contributed by atoms with Crippen LogP contribution in [0, 0.1) is 6.92 Å². The van der Waals surface area contributed by atoms with E-state index in [4.69, 9.17) is 5.14 Å². The van der Waals surface area contributed by atoms with Crippen molar-refractivity contribution in [1.82, 2.24) is 9.78 Å². The Balaban J connectivity index is 2.68. The molecule has 0 amide bonds. The summed E-state index contributed by atoms with van der Waals surface area (Å²) in [5, 5.41) is 9.37. The number of rotatable bonds is 2. The molecule has 5 nitrogen and oxygen atoms in total. The first-order valence-electron chi connectivity index (χ1n) is 5.12. The van der Waals surface area contributed by atoms with Crippen molar-refractivity contribution in [3.63, 3.8) is 0 Å². The van der Waals surface area contributed by atoms with Crippen molar-refractivity contribution in [2.24, 2.45) is 12.2 Å². The maximum atomic E-state index is 11.4. The lowest BCUT2D eigenvalue weighted by molar-refractivity contribution is 0.598. The minimum absolute atomic E-state index is 0.0870. The summed E-state index contributed by atoms with van der Waals surface area (Å²) in [6.07, 6.45) is 1.84. The van der Waals surface area contributed by atoms with Gasteiger partial charge in [0.2, 0.25) is 10.0 Å². The fourth-order valence-electron chi connectivity index (χ4n) is 1.75. The summed E-state index contributed by atoms with van der Waals surface area (Å²) in [5.74, 6) is 0. The molecule has 96 valence electrons. The third-order valence-electron chi connectivity index (χ3n) is 2.57. The van der Waals surface area contributed by atoms with Crippen molar-refractivity contribution in [3.05, 3.63) is 34.6 Å². The highest BCUT2D eigenvalue weighted by Gasteiger charge is 2.14. The van der Waals surface area contributed by atoms with E-state index in [1.807, 2.05) is 20.2 Å². The van der Waals surface area contributed by atoms with Gasteiger partial charge < -0.3 is 0 Å². The van der Waals surface area contributed by atoms with Crippen molar-refractivity contribution in [2.75, 3.05) is 0 Å². The number of halogens is 1. The van der Waals surface area contributed by atoms with E-state index in [1.165, 1.54) is 6.07 Å². The van der Waals surface area contributed by atoms with Crippen LogP contribution >= 0.6 is 15.9 Å². The van der Waals surface area contributed by atoms with E-state index in [0.29, 0.717) is 0 Å². The van der Waals surface area contributed by atoms with Crippen LogP contribution in [0.2, 0.25) is 0 Å². The van der Waals surface area contributed by atoms with Crippen LogP contribution in [0.25, 0.3) is 11.1 Å². The van der Waals surface area contributed by atoms with Gasteiger partial charge in [-0.1, -0.05) is 15.9 Å². The number of hydrogen-bond donors (Lipinski definition) is 1. The molecule has 7 heteroatoms. The van der Waals surface area contributed by atoms with Crippen molar-refractivity contribution in [1.29, 1.82) is 0 Å². The van der Waals surface area contributed by atoms with Crippen LogP contribution in [-0.4, -0.2) is 18.2 Å². The number of hydrogen-bond acceptors (Lipinski definition) is 3. The molecule has 0 aliphatic rings. The molecule has 0 bridgehead atoms. The highest BCUT2D eigenvalue weighted by molar-refractivity contribution is 9.10. The number of primary sulfonamides is 1. The average molecular weight is 330 g/mol. The molecule has 0 atom stereocenters. The van der Waals surface area contributed by atoms with Crippen LogP contribution in [0.5, 0.6) is 0 Å². The first-order chi connectivity index (χ1) is 8.29. The highest BCUT2D eigenvalue weighted by atomic mass is 79.9. The van der Waals surface area contributed by atoms with Gasteiger partial charge in [0.05, 0.1) is 10.6 Å². The van der Waals surface area contributed by atoms with Crippen LogP contribution < -0.4 is 5.14 Å². The summed E-state index contributed by atoms with van der Waals surface area (Å²) >= 11 is 3.40. The van der Waals surface area contributed by atoms with Gasteiger partial charge in [-0.2, -0.15) is 5.10 Å². The summed E-state index contributed by atoms with van der Waals surface area (Å²) < 4.78 is 25.2. The largest absolute Gasteiger partial charge is 0.275 e. The van der Waals surface area contributed by atoms with Gasteiger partial charge in [0.1, 0.15) is 0 Å². The monoisotopic (exact) mass is 329 g/mol. The summed E-state index contributed by atoms with van der Waals surface area (Å²) in [5.41, 5.74) is 2.45. The fraction of sp³-hybridized carbons (Fsp3) is 0.182. The molecule has 2 aromatic rings. The average Bonchev–Trinajstić information content (AvgIpc) is 2.56. The van der Waals surface area contributed by atoms with Gasteiger partial charge in [0.25, 0.3) is 0 Å². The lowest BCUT2D eigenvalue weighted by Gasteiger charge is -2.05. The maximum Gasteiger partial charge on any atom is 0.238 e. The third kappa shape index (κ3) is 2.47. The number of nitrogens with two attached hydrogens (primary N) is 1. The number of aromatic nitrogens is 2. The topological polar surface area (TPSA) is 78.0 Å². The Hall–Kier alpha value is -1.18. The molecule has 0 aliphatic carbocycles. The van der Waals surface area contributed by atoms with Gasteiger partial charge in [-0.05, 0) is 25.1 Å². The molecule has 0 saturated heterocycles. The Kier molecular flexibility index (Phi) is 3.31. The molecule has 1 aromatic heterocycles. The molecule has 0 fully saturated rings. The number of nitrogens with zero attached hydrogens (tertiary/aromatic N) is 2. The van der Waals surface area contributed by atoms with Gasteiger partial charge in [0.15, 0.2) is 0 Å². The number of benzene rings is 1. The normalized spacial score (nSPS) is 11.8. The Morgan fingerprint density at radius 2 is 2.00 bits per heavy atom. The second kappa shape index (κ2) is 4.49. The molecule has 0 spiro atoms. The minimum atomic E-state index is -3.70. The second-order valence-corrected chi connectivity index (χ2v) is 6.40. The Bertz CT molecular complexity index is 707. The van der Waals surface area contributed by atoms with E-state index in [2.05, 4.69) is 21.0 Å². The van der Waals surface area contributed by atoms with Crippen molar-refractivity contribution >= 4 is 26.0 Å². The number of sulfonamides is 1. The van der Waals surface area contributed by atoms with Crippen LogP contribution in [0.1, 0.15) is 5.69 Å². The lowest BCUT2D eigenvalue weighted by atomic mass is 10.1. The Labute approximate surface area is 114 Å². The van der Waals surface area contributed by atoms with Crippen LogP contribution in [-0.2, 0) is 17.1 Å². The van der Waals surface area contributed by atoms with Crippen LogP contribution in [0.4, 0.5) is 0 Å².